The lowest BCUT2D eigenvalue weighted by atomic mass is 10.2. The Balaban J connectivity index is 2.42. The second-order valence-electron chi connectivity index (χ2n) is 6.20. The lowest BCUT2D eigenvalue weighted by Gasteiger charge is -2.27. The highest BCUT2D eigenvalue weighted by atomic mass is 16.6. The van der Waals surface area contributed by atoms with Crippen molar-refractivity contribution in [2.45, 2.75) is 52.7 Å². The van der Waals surface area contributed by atoms with Crippen LogP contribution in [0.2, 0.25) is 0 Å². The van der Waals surface area contributed by atoms with Crippen molar-refractivity contribution in [2.24, 2.45) is 0 Å². The summed E-state index contributed by atoms with van der Waals surface area (Å²) in [7, 11) is 0. The highest BCUT2D eigenvalue weighted by Gasteiger charge is 2.21. The molecular weight excluding hydrogens is 268 g/mol. The maximum Gasteiger partial charge on any atom is 0.410 e. The quantitative estimate of drug-likeness (QED) is 0.835. The number of ether oxygens (including phenoxy) is 1. The van der Waals surface area contributed by atoms with E-state index in [1.54, 1.807) is 17.4 Å². The van der Waals surface area contributed by atoms with Gasteiger partial charge in [0.1, 0.15) is 5.60 Å². The molecule has 1 amide bonds. The molecule has 0 saturated carbocycles. The SMILES string of the molecule is CCCN(CCNC(C)c1ccoc1)C(=O)OC(C)(C)C. The molecule has 0 aliphatic carbocycles. The number of nitrogens with zero attached hydrogens (tertiary/aromatic N) is 1. The van der Waals surface area contributed by atoms with Gasteiger partial charge in [-0.2, -0.15) is 0 Å². The number of carbonyl (C=O) groups excluding carboxylic acids is 1. The number of amides is 1. The average molecular weight is 296 g/mol. The summed E-state index contributed by atoms with van der Waals surface area (Å²) >= 11 is 0. The van der Waals surface area contributed by atoms with Gasteiger partial charge in [-0.05, 0) is 40.2 Å². The van der Waals surface area contributed by atoms with Gasteiger partial charge in [-0.15, -0.1) is 0 Å². The van der Waals surface area contributed by atoms with Crippen LogP contribution in [0.4, 0.5) is 4.79 Å². The van der Waals surface area contributed by atoms with Crippen molar-refractivity contribution in [3.63, 3.8) is 0 Å². The van der Waals surface area contributed by atoms with Crippen molar-refractivity contribution >= 4 is 6.09 Å². The van der Waals surface area contributed by atoms with Gasteiger partial charge in [-0.1, -0.05) is 6.92 Å². The third-order valence-corrected chi connectivity index (χ3v) is 3.02. The molecule has 0 aliphatic heterocycles. The Morgan fingerprint density at radius 1 is 1.43 bits per heavy atom. The Labute approximate surface area is 127 Å². The molecule has 1 N–H and O–H groups in total. The average Bonchev–Trinajstić information content (AvgIpc) is 2.89. The largest absolute Gasteiger partial charge is 0.472 e. The standard InChI is InChI=1S/C16H28N2O3/c1-6-9-18(15(19)21-16(3,4)5)10-8-17-13(2)14-7-11-20-12-14/h7,11-13,17H,6,8-10H2,1-5H3. The number of hydrogen-bond donors (Lipinski definition) is 1. The van der Waals surface area contributed by atoms with Crippen molar-refractivity contribution in [1.82, 2.24) is 10.2 Å². The molecule has 1 aromatic rings. The van der Waals surface area contributed by atoms with E-state index < -0.39 is 5.60 Å². The number of nitrogens with one attached hydrogen (secondary N) is 1. The summed E-state index contributed by atoms with van der Waals surface area (Å²) < 4.78 is 10.5. The molecule has 21 heavy (non-hydrogen) atoms. The minimum atomic E-state index is -0.458. The van der Waals surface area contributed by atoms with Crippen LogP contribution < -0.4 is 5.32 Å². The summed E-state index contributed by atoms with van der Waals surface area (Å²) in [5.41, 5.74) is 0.648. The van der Waals surface area contributed by atoms with E-state index in [2.05, 4.69) is 19.2 Å². The number of hydrogen-bond acceptors (Lipinski definition) is 4. The van der Waals surface area contributed by atoms with E-state index in [-0.39, 0.29) is 12.1 Å². The van der Waals surface area contributed by atoms with Gasteiger partial charge in [0.25, 0.3) is 0 Å². The number of rotatable bonds is 7. The third kappa shape index (κ3) is 6.67. The summed E-state index contributed by atoms with van der Waals surface area (Å²) in [6.07, 6.45) is 4.06. The van der Waals surface area contributed by atoms with Gasteiger partial charge in [0, 0.05) is 31.2 Å². The molecule has 5 heteroatoms. The smallest absolute Gasteiger partial charge is 0.410 e. The Kier molecular flexibility index (Phi) is 6.75. The van der Waals surface area contributed by atoms with Crippen LogP contribution in [-0.4, -0.2) is 36.2 Å². The Hall–Kier alpha value is -1.49. The highest BCUT2D eigenvalue weighted by Crippen LogP contribution is 2.12. The van der Waals surface area contributed by atoms with E-state index >= 15 is 0 Å². The highest BCUT2D eigenvalue weighted by molar-refractivity contribution is 5.68. The van der Waals surface area contributed by atoms with Gasteiger partial charge in [0.15, 0.2) is 0 Å². The van der Waals surface area contributed by atoms with E-state index in [1.807, 2.05) is 26.8 Å². The molecule has 0 bridgehead atoms. The van der Waals surface area contributed by atoms with Crippen molar-refractivity contribution in [3.05, 3.63) is 24.2 Å². The summed E-state index contributed by atoms with van der Waals surface area (Å²) in [5.74, 6) is 0. The van der Waals surface area contributed by atoms with Crippen LogP contribution in [0.3, 0.4) is 0 Å². The van der Waals surface area contributed by atoms with E-state index in [0.717, 1.165) is 12.0 Å². The molecule has 0 aromatic carbocycles. The maximum atomic E-state index is 12.1. The van der Waals surface area contributed by atoms with Gasteiger partial charge >= 0.3 is 6.09 Å². The summed E-state index contributed by atoms with van der Waals surface area (Å²) in [4.78, 5) is 13.9. The number of carbonyl (C=O) groups is 1. The Bertz CT molecular complexity index is 410. The zero-order valence-corrected chi connectivity index (χ0v) is 13.8. The Morgan fingerprint density at radius 3 is 2.67 bits per heavy atom. The van der Waals surface area contributed by atoms with Gasteiger partial charge in [0.2, 0.25) is 0 Å². The molecule has 1 aromatic heterocycles. The fraction of sp³-hybridized carbons (Fsp3) is 0.688. The van der Waals surface area contributed by atoms with Gasteiger partial charge in [-0.3, -0.25) is 0 Å². The lowest BCUT2D eigenvalue weighted by Crippen LogP contribution is -2.41. The molecule has 0 aliphatic rings. The van der Waals surface area contributed by atoms with E-state index in [0.29, 0.717) is 19.6 Å². The normalized spacial score (nSPS) is 13.0. The van der Waals surface area contributed by atoms with Crippen LogP contribution in [0.5, 0.6) is 0 Å². The molecule has 5 nitrogen and oxygen atoms in total. The first-order chi connectivity index (χ1) is 9.83. The molecule has 0 radical (unpaired) electrons. The zero-order valence-electron chi connectivity index (χ0n) is 13.8. The first kappa shape index (κ1) is 17.6. The van der Waals surface area contributed by atoms with Crippen LogP contribution >= 0.6 is 0 Å². The second kappa shape index (κ2) is 8.08. The molecule has 1 rings (SSSR count). The molecule has 0 spiro atoms. The first-order valence-corrected chi connectivity index (χ1v) is 7.57. The zero-order chi connectivity index (χ0) is 15.9. The second-order valence-corrected chi connectivity index (χ2v) is 6.20. The van der Waals surface area contributed by atoms with Crippen molar-refractivity contribution in [2.75, 3.05) is 19.6 Å². The minimum absolute atomic E-state index is 0.200. The molecule has 120 valence electrons. The molecule has 1 unspecified atom stereocenters. The molecule has 0 saturated heterocycles. The maximum absolute atomic E-state index is 12.1. The van der Waals surface area contributed by atoms with Crippen LogP contribution in [0.15, 0.2) is 23.0 Å². The number of furan rings is 1. The summed E-state index contributed by atoms with van der Waals surface area (Å²) in [5, 5.41) is 3.38. The van der Waals surface area contributed by atoms with Gasteiger partial charge in [0.05, 0.1) is 12.5 Å². The predicted octanol–water partition coefficient (Wildman–Crippen LogP) is 3.58. The van der Waals surface area contributed by atoms with Gasteiger partial charge in [-0.25, -0.2) is 4.79 Å². The van der Waals surface area contributed by atoms with E-state index in [9.17, 15) is 4.79 Å². The monoisotopic (exact) mass is 296 g/mol. The van der Waals surface area contributed by atoms with Gasteiger partial charge < -0.3 is 19.4 Å². The van der Waals surface area contributed by atoms with Crippen LogP contribution in [0, 0.1) is 0 Å². The van der Waals surface area contributed by atoms with E-state index in [4.69, 9.17) is 9.15 Å². The predicted molar refractivity (Wildman–Crippen MR) is 83.2 cm³/mol. The minimum Gasteiger partial charge on any atom is -0.472 e. The Morgan fingerprint density at radius 2 is 2.14 bits per heavy atom. The van der Waals surface area contributed by atoms with Crippen LogP contribution in [0.1, 0.15) is 52.6 Å². The molecule has 1 atom stereocenters. The fourth-order valence-corrected chi connectivity index (χ4v) is 1.95. The molecular formula is C16H28N2O3. The van der Waals surface area contributed by atoms with E-state index in [1.165, 1.54) is 0 Å². The molecule has 1 heterocycles. The van der Waals surface area contributed by atoms with Crippen LogP contribution in [0.25, 0.3) is 0 Å². The first-order valence-electron chi connectivity index (χ1n) is 7.57. The van der Waals surface area contributed by atoms with Crippen LogP contribution in [-0.2, 0) is 4.74 Å². The lowest BCUT2D eigenvalue weighted by molar-refractivity contribution is 0.0251. The van der Waals surface area contributed by atoms with Crippen molar-refractivity contribution in [3.8, 4) is 0 Å². The molecule has 0 fully saturated rings. The van der Waals surface area contributed by atoms with Crippen molar-refractivity contribution < 1.29 is 13.9 Å². The summed E-state index contributed by atoms with van der Waals surface area (Å²) in [6, 6.07) is 2.14. The summed E-state index contributed by atoms with van der Waals surface area (Å²) in [6.45, 7) is 11.8. The van der Waals surface area contributed by atoms with Crippen molar-refractivity contribution in [1.29, 1.82) is 0 Å². The fourth-order valence-electron chi connectivity index (χ4n) is 1.95. The third-order valence-electron chi connectivity index (χ3n) is 3.02. The topological polar surface area (TPSA) is 54.7 Å².